The molecule has 2 aliphatic heterocycles. The molecule has 2 atom stereocenters. The maximum absolute atomic E-state index is 8.95. The summed E-state index contributed by atoms with van der Waals surface area (Å²) in [5, 5.41) is 16.7. The Hall–Kier alpha value is -1.14. The predicted molar refractivity (Wildman–Crippen MR) is 61.6 cm³/mol. The topological polar surface area (TPSA) is 72.2 Å². The van der Waals surface area contributed by atoms with E-state index in [1.54, 1.807) is 0 Å². The number of ether oxygens (including phenoxy) is 1. The Labute approximate surface area is 100.0 Å². The van der Waals surface area contributed by atoms with Crippen LogP contribution in [0.15, 0.2) is 0 Å². The van der Waals surface area contributed by atoms with Gasteiger partial charge in [0.1, 0.15) is 6.10 Å². The molecule has 94 valence electrons. The third kappa shape index (κ3) is 2.14. The van der Waals surface area contributed by atoms with Crippen LogP contribution in [0.25, 0.3) is 0 Å². The molecule has 3 rings (SSSR count). The average molecular weight is 238 g/mol. The molecule has 0 bridgehead atoms. The first kappa shape index (κ1) is 11.0. The van der Waals surface area contributed by atoms with Crippen LogP contribution in [0.2, 0.25) is 0 Å². The van der Waals surface area contributed by atoms with E-state index < -0.39 is 0 Å². The lowest BCUT2D eigenvalue weighted by Crippen LogP contribution is -2.28. The molecule has 0 aromatic carbocycles. The van der Waals surface area contributed by atoms with Crippen LogP contribution < -0.4 is 5.32 Å². The highest BCUT2D eigenvalue weighted by Gasteiger charge is 2.26. The standard InChI is InChI=1S/C11H18N4O2/c16-4-3-8-6-12-11-13-10(14-15(11)7-8)9-2-1-5-17-9/h8-9,16H,1-7H2,(H,12,13,14). The fraction of sp³-hybridized carbons (Fsp3) is 0.818. The van der Waals surface area contributed by atoms with Crippen molar-refractivity contribution in [2.75, 3.05) is 25.1 Å². The fourth-order valence-corrected chi connectivity index (χ4v) is 2.46. The van der Waals surface area contributed by atoms with Crippen molar-refractivity contribution in [3.8, 4) is 0 Å². The number of aliphatic hydroxyl groups excluding tert-OH is 1. The second kappa shape index (κ2) is 4.62. The van der Waals surface area contributed by atoms with Gasteiger partial charge in [-0.3, -0.25) is 0 Å². The molecule has 1 aromatic rings. The maximum Gasteiger partial charge on any atom is 0.221 e. The number of hydrogen-bond donors (Lipinski definition) is 2. The van der Waals surface area contributed by atoms with Crippen molar-refractivity contribution in [3.05, 3.63) is 5.82 Å². The molecule has 0 radical (unpaired) electrons. The predicted octanol–water partition coefficient (Wildman–Crippen LogP) is 0.554. The maximum atomic E-state index is 8.95. The molecule has 2 N–H and O–H groups in total. The van der Waals surface area contributed by atoms with Crippen molar-refractivity contribution in [2.24, 2.45) is 5.92 Å². The van der Waals surface area contributed by atoms with E-state index in [0.717, 1.165) is 50.7 Å². The van der Waals surface area contributed by atoms with Crippen molar-refractivity contribution >= 4 is 5.95 Å². The number of nitrogens with zero attached hydrogens (tertiary/aromatic N) is 3. The van der Waals surface area contributed by atoms with Gasteiger partial charge >= 0.3 is 0 Å². The zero-order valence-corrected chi connectivity index (χ0v) is 9.80. The number of aliphatic hydroxyl groups is 1. The molecule has 2 aliphatic rings. The van der Waals surface area contributed by atoms with E-state index in [9.17, 15) is 0 Å². The van der Waals surface area contributed by atoms with Crippen LogP contribution in [0.5, 0.6) is 0 Å². The van der Waals surface area contributed by atoms with E-state index in [-0.39, 0.29) is 12.7 Å². The zero-order chi connectivity index (χ0) is 11.7. The molecule has 17 heavy (non-hydrogen) atoms. The summed E-state index contributed by atoms with van der Waals surface area (Å²) < 4.78 is 7.49. The van der Waals surface area contributed by atoms with E-state index in [4.69, 9.17) is 9.84 Å². The molecule has 0 amide bonds. The minimum atomic E-state index is 0.0752. The van der Waals surface area contributed by atoms with Crippen molar-refractivity contribution in [1.82, 2.24) is 14.8 Å². The van der Waals surface area contributed by atoms with Crippen LogP contribution in [-0.2, 0) is 11.3 Å². The molecule has 2 unspecified atom stereocenters. The molecule has 0 saturated carbocycles. The number of nitrogens with one attached hydrogen (secondary N) is 1. The van der Waals surface area contributed by atoms with Crippen LogP contribution in [0.3, 0.4) is 0 Å². The highest BCUT2D eigenvalue weighted by atomic mass is 16.5. The van der Waals surface area contributed by atoms with Gasteiger partial charge in [-0.25, -0.2) is 4.68 Å². The normalized spacial score (nSPS) is 27.8. The van der Waals surface area contributed by atoms with Gasteiger partial charge in [-0.1, -0.05) is 0 Å². The van der Waals surface area contributed by atoms with E-state index in [1.165, 1.54) is 0 Å². The third-order valence-electron chi connectivity index (χ3n) is 3.42. The molecule has 6 heteroatoms. The van der Waals surface area contributed by atoms with Gasteiger partial charge in [-0.05, 0) is 25.2 Å². The van der Waals surface area contributed by atoms with Crippen LogP contribution in [0.1, 0.15) is 31.2 Å². The minimum Gasteiger partial charge on any atom is -0.396 e. The molecule has 6 nitrogen and oxygen atoms in total. The van der Waals surface area contributed by atoms with Gasteiger partial charge in [0.2, 0.25) is 5.95 Å². The largest absolute Gasteiger partial charge is 0.396 e. The molecule has 0 aliphatic carbocycles. The molecule has 1 fully saturated rings. The minimum absolute atomic E-state index is 0.0752. The van der Waals surface area contributed by atoms with Gasteiger partial charge in [0.25, 0.3) is 0 Å². The Morgan fingerprint density at radius 1 is 1.53 bits per heavy atom. The highest BCUT2D eigenvalue weighted by Crippen LogP contribution is 2.28. The Morgan fingerprint density at radius 2 is 2.47 bits per heavy atom. The number of hydrogen-bond acceptors (Lipinski definition) is 5. The average Bonchev–Trinajstić information content (AvgIpc) is 2.97. The summed E-state index contributed by atoms with van der Waals surface area (Å²) in [5.74, 6) is 2.07. The van der Waals surface area contributed by atoms with E-state index in [0.29, 0.717) is 5.92 Å². The summed E-state index contributed by atoms with van der Waals surface area (Å²) in [5.41, 5.74) is 0. The summed E-state index contributed by atoms with van der Waals surface area (Å²) in [6.07, 6.45) is 2.99. The van der Waals surface area contributed by atoms with Crippen LogP contribution in [0.4, 0.5) is 5.95 Å². The first-order valence-corrected chi connectivity index (χ1v) is 6.28. The fourth-order valence-electron chi connectivity index (χ4n) is 2.46. The Kier molecular flexibility index (Phi) is 2.98. The lowest BCUT2D eigenvalue weighted by atomic mass is 10.1. The van der Waals surface area contributed by atoms with Crippen molar-refractivity contribution in [1.29, 1.82) is 0 Å². The number of rotatable bonds is 3. The van der Waals surface area contributed by atoms with Crippen LogP contribution in [0, 0.1) is 5.92 Å². The van der Waals surface area contributed by atoms with Gasteiger partial charge in [0.15, 0.2) is 5.82 Å². The quantitative estimate of drug-likeness (QED) is 0.804. The SMILES string of the molecule is OCCC1CNc2nc(C3CCCO3)nn2C1. The number of anilines is 1. The molecule has 1 aromatic heterocycles. The second-order valence-electron chi connectivity index (χ2n) is 4.74. The summed E-state index contributed by atoms with van der Waals surface area (Å²) in [6.45, 7) is 2.75. The van der Waals surface area contributed by atoms with Crippen molar-refractivity contribution in [3.63, 3.8) is 0 Å². The van der Waals surface area contributed by atoms with Gasteiger partial charge in [-0.2, -0.15) is 10.1 Å². The highest BCUT2D eigenvalue weighted by molar-refractivity contribution is 5.27. The molecule has 0 spiro atoms. The van der Waals surface area contributed by atoms with Crippen molar-refractivity contribution in [2.45, 2.75) is 31.9 Å². The monoisotopic (exact) mass is 238 g/mol. The summed E-state index contributed by atoms with van der Waals surface area (Å²) in [7, 11) is 0. The van der Waals surface area contributed by atoms with Crippen molar-refractivity contribution < 1.29 is 9.84 Å². The van der Waals surface area contributed by atoms with E-state index in [1.807, 2.05) is 4.68 Å². The smallest absolute Gasteiger partial charge is 0.221 e. The van der Waals surface area contributed by atoms with E-state index >= 15 is 0 Å². The molecular weight excluding hydrogens is 220 g/mol. The van der Waals surface area contributed by atoms with E-state index in [2.05, 4.69) is 15.4 Å². The van der Waals surface area contributed by atoms with Crippen LogP contribution in [-0.4, -0.2) is 39.6 Å². The summed E-state index contributed by atoms with van der Waals surface area (Å²) in [4.78, 5) is 4.48. The molecular formula is C11H18N4O2. The lowest BCUT2D eigenvalue weighted by molar-refractivity contribution is 0.105. The summed E-state index contributed by atoms with van der Waals surface area (Å²) >= 11 is 0. The summed E-state index contributed by atoms with van der Waals surface area (Å²) in [6, 6.07) is 0. The van der Waals surface area contributed by atoms with Gasteiger partial charge < -0.3 is 15.2 Å². The zero-order valence-electron chi connectivity index (χ0n) is 9.80. The number of aromatic nitrogens is 3. The third-order valence-corrected chi connectivity index (χ3v) is 3.42. The van der Waals surface area contributed by atoms with Crippen LogP contribution >= 0.6 is 0 Å². The number of fused-ring (bicyclic) bond motifs is 1. The van der Waals surface area contributed by atoms with Gasteiger partial charge in [0.05, 0.1) is 0 Å². The lowest BCUT2D eigenvalue weighted by Gasteiger charge is -2.22. The molecule has 3 heterocycles. The first-order valence-electron chi connectivity index (χ1n) is 6.28. The molecule has 1 saturated heterocycles. The Balaban J connectivity index is 1.74. The first-order chi connectivity index (χ1) is 8.36. The second-order valence-corrected chi connectivity index (χ2v) is 4.74. The van der Waals surface area contributed by atoms with Gasteiger partial charge in [0, 0.05) is 26.3 Å². The Morgan fingerprint density at radius 3 is 3.24 bits per heavy atom. The Bertz CT molecular complexity index is 387. The van der Waals surface area contributed by atoms with Gasteiger partial charge in [-0.15, -0.1) is 0 Å².